The molecule has 0 saturated carbocycles. The van der Waals surface area contributed by atoms with Crippen molar-refractivity contribution < 1.29 is 0 Å². The Morgan fingerprint density at radius 3 is 3.25 bits per heavy atom. The fraction of sp³-hybridized carbons (Fsp3) is 0.750. The summed E-state index contributed by atoms with van der Waals surface area (Å²) >= 11 is 1.78. The highest BCUT2D eigenvalue weighted by atomic mass is 32.1. The Bertz CT molecular complexity index is 303. The second-order valence-electron chi connectivity index (χ2n) is 4.48. The van der Waals surface area contributed by atoms with Crippen LogP contribution in [0.4, 0.5) is 0 Å². The van der Waals surface area contributed by atoms with E-state index in [2.05, 4.69) is 22.5 Å². The molecule has 0 aliphatic carbocycles. The van der Waals surface area contributed by atoms with E-state index in [0.717, 1.165) is 18.1 Å². The topological polar surface area (TPSA) is 37.0 Å². The maximum Gasteiger partial charge on any atom is 0.0897 e. The average molecular weight is 239 g/mol. The standard InChI is InChI=1S/C12H21N3S/c1-10-15-9-12(16-10)8-13-7-11-5-3-2-4-6-14-11/h9,11,13-14H,2-8H2,1H3. The Balaban J connectivity index is 1.67. The fourth-order valence-electron chi connectivity index (χ4n) is 2.13. The van der Waals surface area contributed by atoms with Crippen molar-refractivity contribution in [3.8, 4) is 0 Å². The number of nitrogens with one attached hydrogen (secondary N) is 2. The molecular formula is C12H21N3S. The van der Waals surface area contributed by atoms with E-state index >= 15 is 0 Å². The predicted octanol–water partition coefficient (Wildman–Crippen LogP) is 2.07. The van der Waals surface area contributed by atoms with Crippen LogP contribution in [-0.2, 0) is 6.54 Å². The minimum atomic E-state index is 0.663. The summed E-state index contributed by atoms with van der Waals surface area (Å²) in [7, 11) is 0. The first-order valence-corrected chi connectivity index (χ1v) is 7.01. The molecule has 90 valence electrons. The van der Waals surface area contributed by atoms with Crippen LogP contribution < -0.4 is 10.6 Å². The van der Waals surface area contributed by atoms with Crippen LogP contribution in [-0.4, -0.2) is 24.1 Å². The highest BCUT2D eigenvalue weighted by Crippen LogP contribution is 2.11. The minimum absolute atomic E-state index is 0.663. The summed E-state index contributed by atoms with van der Waals surface area (Å²) in [6.07, 6.45) is 7.39. The molecule has 16 heavy (non-hydrogen) atoms. The Morgan fingerprint density at radius 1 is 1.50 bits per heavy atom. The second-order valence-corrected chi connectivity index (χ2v) is 5.80. The number of hydrogen-bond donors (Lipinski definition) is 2. The first-order valence-electron chi connectivity index (χ1n) is 6.20. The Hall–Kier alpha value is -0.450. The van der Waals surface area contributed by atoms with Gasteiger partial charge in [0, 0.05) is 30.2 Å². The van der Waals surface area contributed by atoms with Crippen LogP contribution in [0.5, 0.6) is 0 Å². The molecule has 1 atom stereocenters. The number of thiazole rings is 1. The van der Waals surface area contributed by atoms with Gasteiger partial charge in [-0.15, -0.1) is 11.3 Å². The van der Waals surface area contributed by atoms with Gasteiger partial charge < -0.3 is 10.6 Å². The number of nitrogens with zero attached hydrogens (tertiary/aromatic N) is 1. The molecule has 1 aromatic heterocycles. The highest BCUT2D eigenvalue weighted by molar-refractivity contribution is 7.11. The number of hydrogen-bond acceptors (Lipinski definition) is 4. The normalized spacial score (nSPS) is 21.9. The highest BCUT2D eigenvalue weighted by Gasteiger charge is 2.10. The van der Waals surface area contributed by atoms with E-state index in [1.807, 2.05) is 6.20 Å². The van der Waals surface area contributed by atoms with Gasteiger partial charge in [0.05, 0.1) is 5.01 Å². The Labute approximate surface area is 102 Å². The maximum absolute atomic E-state index is 4.26. The van der Waals surface area contributed by atoms with Crippen molar-refractivity contribution >= 4 is 11.3 Å². The van der Waals surface area contributed by atoms with Crippen LogP contribution in [0.1, 0.15) is 35.6 Å². The molecule has 0 spiro atoms. The van der Waals surface area contributed by atoms with Crippen molar-refractivity contribution in [1.29, 1.82) is 0 Å². The van der Waals surface area contributed by atoms with Crippen LogP contribution in [0.2, 0.25) is 0 Å². The molecule has 2 heterocycles. The van der Waals surface area contributed by atoms with E-state index < -0.39 is 0 Å². The lowest BCUT2D eigenvalue weighted by atomic mass is 10.1. The van der Waals surface area contributed by atoms with Crippen molar-refractivity contribution in [3.63, 3.8) is 0 Å². The third-order valence-electron chi connectivity index (χ3n) is 3.02. The van der Waals surface area contributed by atoms with Gasteiger partial charge in [0.25, 0.3) is 0 Å². The molecule has 1 saturated heterocycles. The van der Waals surface area contributed by atoms with Gasteiger partial charge in [0.2, 0.25) is 0 Å². The van der Waals surface area contributed by atoms with E-state index in [-0.39, 0.29) is 0 Å². The molecule has 2 N–H and O–H groups in total. The van der Waals surface area contributed by atoms with Crippen molar-refractivity contribution in [1.82, 2.24) is 15.6 Å². The van der Waals surface area contributed by atoms with E-state index in [9.17, 15) is 0 Å². The number of aryl methyl sites for hydroxylation is 1. The lowest BCUT2D eigenvalue weighted by molar-refractivity contribution is 0.471. The lowest BCUT2D eigenvalue weighted by Crippen LogP contribution is -2.37. The Morgan fingerprint density at radius 2 is 2.44 bits per heavy atom. The third-order valence-corrected chi connectivity index (χ3v) is 3.93. The van der Waals surface area contributed by atoms with Gasteiger partial charge in [0.1, 0.15) is 0 Å². The third kappa shape index (κ3) is 3.85. The van der Waals surface area contributed by atoms with E-state index in [0.29, 0.717) is 6.04 Å². The molecule has 3 nitrogen and oxygen atoms in total. The Kier molecular flexibility index (Phi) is 4.75. The number of rotatable bonds is 4. The van der Waals surface area contributed by atoms with Crippen molar-refractivity contribution in [2.75, 3.05) is 13.1 Å². The van der Waals surface area contributed by atoms with Gasteiger partial charge in [-0.2, -0.15) is 0 Å². The van der Waals surface area contributed by atoms with Gasteiger partial charge in [-0.25, -0.2) is 4.98 Å². The van der Waals surface area contributed by atoms with Crippen LogP contribution in [0, 0.1) is 6.92 Å². The molecule has 4 heteroatoms. The van der Waals surface area contributed by atoms with Crippen LogP contribution in [0.3, 0.4) is 0 Å². The van der Waals surface area contributed by atoms with Gasteiger partial charge in [-0.1, -0.05) is 12.8 Å². The van der Waals surface area contributed by atoms with Crippen molar-refractivity contribution in [2.45, 2.75) is 45.2 Å². The summed E-state index contributed by atoms with van der Waals surface area (Å²) in [5, 5.41) is 8.28. The molecule has 1 unspecified atom stereocenters. The molecule has 0 bridgehead atoms. The van der Waals surface area contributed by atoms with E-state index in [1.54, 1.807) is 11.3 Å². The van der Waals surface area contributed by atoms with Crippen molar-refractivity contribution in [3.05, 3.63) is 16.1 Å². The summed E-state index contributed by atoms with van der Waals surface area (Å²) < 4.78 is 0. The van der Waals surface area contributed by atoms with Crippen molar-refractivity contribution in [2.24, 2.45) is 0 Å². The summed E-state index contributed by atoms with van der Waals surface area (Å²) in [6, 6.07) is 0.663. The number of aromatic nitrogens is 1. The first-order chi connectivity index (χ1) is 7.84. The first kappa shape index (κ1) is 12.0. The zero-order valence-corrected chi connectivity index (χ0v) is 10.8. The van der Waals surface area contributed by atoms with E-state index in [1.165, 1.54) is 37.1 Å². The monoisotopic (exact) mass is 239 g/mol. The maximum atomic E-state index is 4.26. The molecule has 0 amide bonds. The molecule has 1 aliphatic rings. The molecule has 0 aromatic carbocycles. The van der Waals surface area contributed by atoms with Gasteiger partial charge in [-0.3, -0.25) is 0 Å². The summed E-state index contributed by atoms with van der Waals surface area (Å²) in [5.41, 5.74) is 0. The molecule has 1 fully saturated rings. The SMILES string of the molecule is Cc1ncc(CNCC2CCCCCN2)s1. The van der Waals surface area contributed by atoms with Crippen LogP contribution in [0.15, 0.2) is 6.20 Å². The van der Waals surface area contributed by atoms with Crippen LogP contribution in [0.25, 0.3) is 0 Å². The largest absolute Gasteiger partial charge is 0.313 e. The summed E-state index contributed by atoms with van der Waals surface area (Å²) in [6.45, 7) is 5.29. The lowest BCUT2D eigenvalue weighted by Gasteiger charge is -2.15. The van der Waals surface area contributed by atoms with Gasteiger partial charge >= 0.3 is 0 Å². The predicted molar refractivity (Wildman–Crippen MR) is 68.8 cm³/mol. The summed E-state index contributed by atoms with van der Waals surface area (Å²) in [4.78, 5) is 5.60. The molecule has 1 aliphatic heterocycles. The van der Waals surface area contributed by atoms with Gasteiger partial charge in [-0.05, 0) is 26.3 Å². The molecule has 0 radical (unpaired) electrons. The quantitative estimate of drug-likeness (QED) is 0.844. The molecular weight excluding hydrogens is 218 g/mol. The zero-order valence-electron chi connectivity index (χ0n) is 9.96. The minimum Gasteiger partial charge on any atom is -0.313 e. The second kappa shape index (κ2) is 6.33. The fourth-order valence-corrected chi connectivity index (χ4v) is 2.90. The van der Waals surface area contributed by atoms with E-state index in [4.69, 9.17) is 0 Å². The average Bonchev–Trinajstić information content (AvgIpc) is 2.54. The summed E-state index contributed by atoms with van der Waals surface area (Å²) in [5.74, 6) is 0. The van der Waals surface area contributed by atoms with Gasteiger partial charge in [0.15, 0.2) is 0 Å². The molecule has 2 rings (SSSR count). The smallest absolute Gasteiger partial charge is 0.0897 e. The molecule has 1 aromatic rings. The zero-order chi connectivity index (χ0) is 11.2. The van der Waals surface area contributed by atoms with Crippen LogP contribution >= 0.6 is 11.3 Å².